The molecule has 5 heterocycles. The van der Waals surface area contributed by atoms with E-state index in [9.17, 15) is 4.79 Å². The lowest BCUT2D eigenvalue weighted by molar-refractivity contribution is -0.0526. The van der Waals surface area contributed by atoms with Gasteiger partial charge in [0.2, 0.25) is 5.28 Å². The zero-order chi connectivity index (χ0) is 21.1. The number of aryl methyl sites for hydroxylation is 1. The number of rotatable bonds is 3. The topological polar surface area (TPSA) is 105 Å². The van der Waals surface area contributed by atoms with Crippen molar-refractivity contribution in [3.63, 3.8) is 0 Å². The van der Waals surface area contributed by atoms with Crippen LogP contribution >= 0.6 is 11.6 Å². The van der Waals surface area contributed by atoms with Crippen molar-refractivity contribution in [3.05, 3.63) is 51.4 Å². The fraction of sp³-hybridized carbons (Fsp3) is 0.333. The monoisotopic (exact) mass is 440 g/mol. The second-order valence-electron chi connectivity index (χ2n) is 7.88. The van der Waals surface area contributed by atoms with Crippen LogP contribution in [0, 0.1) is 5.82 Å². The number of pyridine rings is 1. The number of ether oxygens (including phenoxy) is 1. The quantitative estimate of drug-likeness (QED) is 0.540. The van der Waals surface area contributed by atoms with E-state index in [0.717, 1.165) is 23.2 Å². The maximum absolute atomic E-state index is 15.8. The molecule has 0 bridgehead atoms. The Bertz CT molecular complexity index is 1240. The molecule has 1 atom stereocenters. The maximum atomic E-state index is 15.8. The molecule has 0 aromatic carbocycles. The first-order chi connectivity index (χ1) is 15.1. The zero-order valence-electron chi connectivity index (χ0n) is 16.4. The summed E-state index contributed by atoms with van der Waals surface area (Å²) in [6.07, 6.45) is 5.93. The Labute approximate surface area is 181 Å². The van der Waals surface area contributed by atoms with Crippen molar-refractivity contribution in [3.8, 4) is 11.3 Å². The molecule has 10 heteroatoms. The maximum Gasteiger partial charge on any atom is 0.253 e. The van der Waals surface area contributed by atoms with Crippen LogP contribution in [0.15, 0.2) is 12.4 Å². The predicted octanol–water partition coefficient (Wildman–Crippen LogP) is 3.25. The first kappa shape index (κ1) is 18.7. The van der Waals surface area contributed by atoms with E-state index in [2.05, 4.69) is 30.6 Å². The van der Waals surface area contributed by atoms with Crippen molar-refractivity contribution in [1.82, 2.24) is 25.3 Å². The normalized spacial score (nSPS) is 19.0. The summed E-state index contributed by atoms with van der Waals surface area (Å²) in [6, 6.07) is 0. The number of aromatic amines is 1. The molecule has 6 rings (SSSR count). The Balaban J connectivity index is 1.44. The second-order valence-corrected chi connectivity index (χ2v) is 8.21. The van der Waals surface area contributed by atoms with Crippen molar-refractivity contribution in [1.29, 1.82) is 0 Å². The van der Waals surface area contributed by atoms with Crippen LogP contribution in [0.25, 0.3) is 11.3 Å². The number of nitrogens with zero attached hydrogens (tertiary/aromatic N) is 3. The molecule has 8 nitrogen and oxygen atoms in total. The number of carbonyl (C=O) groups excluding carboxylic acids is 1. The molecular weight excluding hydrogens is 423 g/mol. The van der Waals surface area contributed by atoms with E-state index in [0.29, 0.717) is 60.6 Å². The van der Waals surface area contributed by atoms with Gasteiger partial charge < -0.3 is 20.4 Å². The highest BCUT2D eigenvalue weighted by Crippen LogP contribution is 2.41. The van der Waals surface area contributed by atoms with Gasteiger partial charge in [-0.15, -0.1) is 0 Å². The van der Waals surface area contributed by atoms with E-state index >= 15 is 4.39 Å². The van der Waals surface area contributed by atoms with Crippen LogP contribution < -0.4 is 10.6 Å². The van der Waals surface area contributed by atoms with Crippen molar-refractivity contribution < 1.29 is 13.9 Å². The smallest absolute Gasteiger partial charge is 0.253 e. The van der Waals surface area contributed by atoms with Crippen LogP contribution in [-0.4, -0.2) is 39.0 Å². The van der Waals surface area contributed by atoms with E-state index < -0.39 is 5.82 Å². The van der Waals surface area contributed by atoms with Crippen LogP contribution in [0.4, 0.5) is 16.0 Å². The average molecular weight is 441 g/mol. The van der Waals surface area contributed by atoms with Gasteiger partial charge in [0.25, 0.3) is 5.91 Å². The van der Waals surface area contributed by atoms with Crippen LogP contribution in [0.3, 0.4) is 0 Å². The number of hydrogen-bond acceptors (Lipinski definition) is 6. The Morgan fingerprint density at radius 3 is 2.84 bits per heavy atom. The zero-order valence-corrected chi connectivity index (χ0v) is 17.1. The molecule has 0 spiro atoms. The van der Waals surface area contributed by atoms with Crippen LogP contribution in [0.1, 0.15) is 45.3 Å². The molecule has 31 heavy (non-hydrogen) atoms. The van der Waals surface area contributed by atoms with Crippen LogP contribution in [0.5, 0.6) is 0 Å². The fourth-order valence-corrected chi connectivity index (χ4v) is 4.67. The summed E-state index contributed by atoms with van der Waals surface area (Å²) >= 11 is 5.98. The third-order valence-electron chi connectivity index (χ3n) is 6.13. The molecule has 158 valence electrons. The summed E-state index contributed by atoms with van der Waals surface area (Å²) in [5, 5.41) is 5.91. The molecule has 3 aromatic heterocycles. The number of hydrogen-bond donors (Lipinski definition) is 3. The Morgan fingerprint density at radius 2 is 2.03 bits per heavy atom. The standard InChI is InChI=1S/C21H18ClFN6O2/c22-21-26-8-11(13-4-6-31-13)18(29-21)28-19-16(23)14-9(7-25-19)1-2-10-15-12(27-17(10)14)3-5-24-20(15)30/h7-8,13,27H,1-6H2,(H,24,30)(H,25,26,28,29). The molecule has 2 aliphatic heterocycles. The predicted molar refractivity (Wildman–Crippen MR) is 111 cm³/mol. The van der Waals surface area contributed by atoms with Gasteiger partial charge in [-0.05, 0) is 35.6 Å². The van der Waals surface area contributed by atoms with Gasteiger partial charge in [-0.1, -0.05) is 0 Å². The van der Waals surface area contributed by atoms with Gasteiger partial charge in [0.1, 0.15) is 5.82 Å². The Hall–Kier alpha value is -3.04. The molecule has 1 fully saturated rings. The van der Waals surface area contributed by atoms with Gasteiger partial charge in [0, 0.05) is 48.6 Å². The van der Waals surface area contributed by atoms with E-state index in [1.165, 1.54) is 0 Å². The van der Waals surface area contributed by atoms with Crippen molar-refractivity contribution in [2.24, 2.45) is 0 Å². The molecular formula is C21H18ClFN6O2. The lowest BCUT2D eigenvalue weighted by atomic mass is 9.88. The third kappa shape index (κ3) is 2.91. The van der Waals surface area contributed by atoms with E-state index in [-0.39, 0.29) is 23.1 Å². The molecule has 3 N–H and O–H groups in total. The van der Waals surface area contributed by atoms with Crippen molar-refractivity contribution in [2.45, 2.75) is 31.8 Å². The summed E-state index contributed by atoms with van der Waals surface area (Å²) in [5.41, 5.74) is 5.01. The third-order valence-corrected chi connectivity index (χ3v) is 6.31. The highest BCUT2D eigenvalue weighted by molar-refractivity contribution is 6.28. The molecule has 1 aliphatic carbocycles. The summed E-state index contributed by atoms with van der Waals surface area (Å²) in [5.74, 6) is -0.181. The van der Waals surface area contributed by atoms with E-state index in [4.69, 9.17) is 16.3 Å². The summed E-state index contributed by atoms with van der Waals surface area (Å²) < 4.78 is 21.3. The average Bonchev–Trinajstić information content (AvgIpc) is 3.10. The van der Waals surface area contributed by atoms with E-state index in [1.807, 2.05) is 0 Å². The lowest BCUT2D eigenvalue weighted by Crippen LogP contribution is -2.32. The minimum absolute atomic E-state index is 0.0407. The number of amides is 1. The molecule has 1 saturated heterocycles. The second kappa shape index (κ2) is 7.00. The lowest BCUT2D eigenvalue weighted by Gasteiger charge is -2.28. The van der Waals surface area contributed by atoms with Gasteiger partial charge in [0.05, 0.1) is 24.0 Å². The summed E-state index contributed by atoms with van der Waals surface area (Å²) in [4.78, 5) is 28.3. The number of fused-ring (bicyclic) bond motifs is 5. The van der Waals surface area contributed by atoms with Crippen molar-refractivity contribution >= 4 is 29.1 Å². The van der Waals surface area contributed by atoms with Gasteiger partial charge in [-0.2, -0.15) is 0 Å². The first-order valence-corrected chi connectivity index (χ1v) is 10.6. The molecule has 3 aromatic rings. The summed E-state index contributed by atoms with van der Waals surface area (Å²) in [7, 11) is 0. The molecule has 3 aliphatic rings. The van der Waals surface area contributed by atoms with Crippen LogP contribution in [0.2, 0.25) is 5.28 Å². The van der Waals surface area contributed by atoms with Gasteiger partial charge in [0.15, 0.2) is 11.6 Å². The minimum Gasteiger partial charge on any atom is -0.373 e. The molecule has 0 radical (unpaired) electrons. The highest BCUT2D eigenvalue weighted by Gasteiger charge is 2.32. The van der Waals surface area contributed by atoms with Crippen molar-refractivity contribution in [2.75, 3.05) is 18.5 Å². The van der Waals surface area contributed by atoms with Crippen LogP contribution in [-0.2, 0) is 24.0 Å². The molecule has 1 unspecified atom stereocenters. The number of halogens is 2. The number of aromatic nitrogens is 4. The Kier molecular flexibility index (Phi) is 4.22. The summed E-state index contributed by atoms with van der Waals surface area (Å²) in [6.45, 7) is 1.23. The Morgan fingerprint density at radius 1 is 1.16 bits per heavy atom. The van der Waals surface area contributed by atoms with E-state index in [1.54, 1.807) is 12.4 Å². The van der Waals surface area contributed by atoms with Gasteiger partial charge in [-0.3, -0.25) is 4.79 Å². The van der Waals surface area contributed by atoms with Gasteiger partial charge >= 0.3 is 0 Å². The molecule has 1 amide bonds. The number of anilines is 2. The number of nitrogens with one attached hydrogen (secondary N) is 3. The largest absolute Gasteiger partial charge is 0.373 e. The fourth-order valence-electron chi connectivity index (χ4n) is 4.54. The number of carbonyl (C=O) groups is 1. The molecule has 0 saturated carbocycles. The number of H-pyrrole nitrogens is 1. The van der Waals surface area contributed by atoms with Gasteiger partial charge in [-0.25, -0.2) is 19.3 Å². The highest BCUT2D eigenvalue weighted by atomic mass is 35.5. The minimum atomic E-state index is -0.493. The first-order valence-electron chi connectivity index (χ1n) is 10.2. The SMILES string of the molecule is O=C1NCCc2[nH]c3c(c21)CCc1cnc(Nc2nc(Cl)ncc2C2CCO2)c(F)c1-3.